The highest BCUT2D eigenvalue weighted by molar-refractivity contribution is 9.10. The van der Waals surface area contributed by atoms with Gasteiger partial charge in [-0.05, 0) is 42.7 Å². The zero-order valence-electron chi connectivity index (χ0n) is 12.9. The molecule has 0 spiro atoms. The zero-order chi connectivity index (χ0) is 16.4. The molecular weight excluding hydrogens is 354 g/mol. The van der Waals surface area contributed by atoms with Gasteiger partial charge in [-0.2, -0.15) is 4.98 Å². The van der Waals surface area contributed by atoms with E-state index in [-0.39, 0.29) is 0 Å². The van der Waals surface area contributed by atoms with Crippen LogP contribution in [0.4, 0.5) is 0 Å². The fourth-order valence-corrected chi connectivity index (χ4v) is 3.19. The van der Waals surface area contributed by atoms with Crippen molar-refractivity contribution < 1.29 is 4.52 Å². The summed E-state index contributed by atoms with van der Waals surface area (Å²) in [4.78, 5) is 4.45. The number of halogens is 1. The smallest absolute Gasteiger partial charge is 0.253 e. The number of hydrogen-bond acceptors (Lipinski definition) is 4. The van der Waals surface area contributed by atoms with E-state index in [1.807, 2.05) is 56.3 Å². The van der Waals surface area contributed by atoms with Gasteiger partial charge in [0.1, 0.15) is 0 Å². The summed E-state index contributed by atoms with van der Waals surface area (Å²) in [6, 6.07) is 13.8. The summed E-state index contributed by atoms with van der Waals surface area (Å²) in [5, 5.41) is 4.08. The van der Waals surface area contributed by atoms with Crippen LogP contribution in [0.15, 0.2) is 51.5 Å². The molecule has 23 heavy (non-hydrogen) atoms. The van der Waals surface area contributed by atoms with Crippen LogP contribution < -0.4 is 5.73 Å². The second kappa shape index (κ2) is 6.38. The molecule has 0 unspecified atom stereocenters. The summed E-state index contributed by atoms with van der Waals surface area (Å²) in [6.45, 7) is 4.05. The minimum atomic E-state index is 0.392. The van der Waals surface area contributed by atoms with Crippen LogP contribution in [0, 0.1) is 13.8 Å². The number of nitrogens with zero attached hydrogens (tertiary/aromatic N) is 2. The van der Waals surface area contributed by atoms with Crippen LogP contribution in [-0.4, -0.2) is 10.1 Å². The van der Waals surface area contributed by atoms with Crippen LogP contribution in [0.25, 0.3) is 23.2 Å². The lowest BCUT2D eigenvalue weighted by molar-refractivity contribution is 0.411. The lowest BCUT2D eigenvalue weighted by Gasteiger charge is -2.06. The minimum Gasteiger partial charge on any atom is -0.398 e. The van der Waals surface area contributed by atoms with Gasteiger partial charge in [0, 0.05) is 21.8 Å². The van der Waals surface area contributed by atoms with Crippen molar-refractivity contribution in [2.45, 2.75) is 13.8 Å². The van der Waals surface area contributed by atoms with Crippen LogP contribution in [0.1, 0.15) is 22.6 Å². The van der Waals surface area contributed by atoms with E-state index in [9.17, 15) is 0 Å². The van der Waals surface area contributed by atoms with Crippen molar-refractivity contribution in [2.24, 2.45) is 5.73 Å². The second-order valence-corrected chi connectivity index (χ2v) is 6.25. The van der Waals surface area contributed by atoms with Gasteiger partial charge in [0.25, 0.3) is 5.89 Å². The molecule has 0 aliphatic rings. The molecule has 0 aliphatic carbocycles. The van der Waals surface area contributed by atoms with Gasteiger partial charge in [-0.3, -0.25) is 0 Å². The fourth-order valence-electron chi connectivity index (χ4n) is 2.51. The normalized spacial score (nSPS) is 11.7. The highest BCUT2D eigenvalue weighted by Crippen LogP contribution is 2.28. The summed E-state index contributed by atoms with van der Waals surface area (Å²) < 4.78 is 6.36. The number of nitrogens with two attached hydrogens (primary N) is 1. The third kappa shape index (κ3) is 3.35. The lowest BCUT2D eigenvalue weighted by Crippen LogP contribution is -1.95. The number of rotatable bonds is 3. The van der Waals surface area contributed by atoms with Crippen LogP contribution in [-0.2, 0) is 0 Å². The molecule has 0 aliphatic heterocycles. The molecule has 0 amide bonds. The van der Waals surface area contributed by atoms with Crippen molar-refractivity contribution >= 4 is 27.7 Å². The molecule has 116 valence electrons. The molecule has 0 bridgehead atoms. The Bertz CT molecular complexity index is 846. The molecule has 0 atom stereocenters. The molecule has 3 aromatic rings. The van der Waals surface area contributed by atoms with E-state index in [1.54, 1.807) is 6.08 Å². The Morgan fingerprint density at radius 3 is 2.43 bits per heavy atom. The summed E-state index contributed by atoms with van der Waals surface area (Å²) in [7, 11) is 0. The average Bonchev–Trinajstić information content (AvgIpc) is 2.95. The first-order chi connectivity index (χ1) is 11.0. The lowest BCUT2D eigenvalue weighted by atomic mass is 10.0. The van der Waals surface area contributed by atoms with Crippen molar-refractivity contribution in [1.29, 1.82) is 0 Å². The van der Waals surface area contributed by atoms with E-state index in [0.717, 1.165) is 26.7 Å². The largest absolute Gasteiger partial charge is 0.398 e. The quantitative estimate of drug-likeness (QED) is 0.733. The van der Waals surface area contributed by atoms with Crippen molar-refractivity contribution in [3.63, 3.8) is 0 Å². The Labute approximate surface area is 143 Å². The summed E-state index contributed by atoms with van der Waals surface area (Å²) in [5.41, 5.74) is 10.7. The Morgan fingerprint density at radius 1 is 1.13 bits per heavy atom. The summed E-state index contributed by atoms with van der Waals surface area (Å²) in [6.07, 6.45) is 1.69. The third-order valence-electron chi connectivity index (χ3n) is 3.55. The van der Waals surface area contributed by atoms with Gasteiger partial charge in [0.2, 0.25) is 5.82 Å². The molecule has 3 rings (SSSR count). The number of hydrogen-bond donors (Lipinski definition) is 1. The van der Waals surface area contributed by atoms with Gasteiger partial charge < -0.3 is 10.3 Å². The molecule has 2 N–H and O–H groups in total. The molecule has 0 saturated carbocycles. The Hall–Kier alpha value is -2.40. The molecular formula is C18H16BrN3O. The van der Waals surface area contributed by atoms with Gasteiger partial charge >= 0.3 is 0 Å². The highest BCUT2D eigenvalue weighted by atomic mass is 79.9. The van der Waals surface area contributed by atoms with Gasteiger partial charge in [0.05, 0.1) is 0 Å². The van der Waals surface area contributed by atoms with Crippen molar-refractivity contribution in [1.82, 2.24) is 10.1 Å². The average molecular weight is 370 g/mol. The SMILES string of the molecule is Cc1cc(Br)cc(C)c1-c1noc(/C=C(\N)c2ccccc2)n1. The molecule has 2 aromatic carbocycles. The van der Waals surface area contributed by atoms with Crippen LogP contribution in [0.2, 0.25) is 0 Å². The first-order valence-corrected chi connectivity index (χ1v) is 7.97. The number of aryl methyl sites for hydroxylation is 2. The van der Waals surface area contributed by atoms with Gasteiger partial charge in [-0.15, -0.1) is 0 Å². The zero-order valence-corrected chi connectivity index (χ0v) is 14.5. The maximum absolute atomic E-state index is 6.08. The predicted octanol–water partition coefficient (Wildman–Crippen LogP) is 4.57. The summed E-state index contributed by atoms with van der Waals surface area (Å²) >= 11 is 3.49. The topological polar surface area (TPSA) is 64.9 Å². The maximum Gasteiger partial charge on any atom is 0.253 e. The van der Waals surface area contributed by atoms with E-state index in [2.05, 4.69) is 26.1 Å². The van der Waals surface area contributed by atoms with E-state index >= 15 is 0 Å². The monoisotopic (exact) mass is 369 g/mol. The van der Waals surface area contributed by atoms with Gasteiger partial charge in [-0.1, -0.05) is 51.4 Å². The molecule has 1 heterocycles. The molecule has 5 heteroatoms. The van der Waals surface area contributed by atoms with Crippen LogP contribution in [0.3, 0.4) is 0 Å². The van der Waals surface area contributed by atoms with Crippen molar-refractivity contribution in [3.8, 4) is 11.4 Å². The molecule has 0 fully saturated rings. The minimum absolute atomic E-state index is 0.392. The van der Waals surface area contributed by atoms with E-state index in [4.69, 9.17) is 10.3 Å². The predicted molar refractivity (Wildman–Crippen MR) is 95.4 cm³/mol. The molecule has 0 saturated heterocycles. The first-order valence-electron chi connectivity index (χ1n) is 7.18. The number of aromatic nitrogens is 2. The van der Waals surface area contributed by atoms with E-state index in [1.165, 1.54) is 0 Å². The molecule has 0 radical (unpaired) electrons. The standard InChI is InChI=1S/C18H16BrN3O/c1-11-8-14(19)9-12(2)17(11)18-21-16(23-22-18)10-15(20)13-6-4-3-5-7-13/h3-10H,20H2,1-2H3/b15-10-. The third-order valence-corrected chi connectivity index (χ3v) is 4.01. The molecule has 1 aromatic heterocycles. The summed E-state index contributed by atoms with van der Waals surface area (Å²) in [5.74, 6) is 0.961. The fraction of sp³-hybridized carbons (Fsp3) is 0.111. The maximum atomic E-state index is 6.08. The van der Waals surface area contributed by atoms with Crippen molar-refractivity contribution in [2.75, 3.05) is 0 Å². The van der Waals surface area contributed by atoms with Gasteiger partial charge in [0.15, 0.2) is 0 Å². The van der Waals surface area contributed by atoms with Crippen LogP contribution >= 0.6 is 15.9 Å². The van der Waals surface area contributed by atoms with E-state index in [0.29, 0.717) is 17.4 Å². The van der Waals surface area contributed by atoms with Crippen LogP contribution in [0.5, 0.6) is 0 Å². The Kier molecular flexibility index (Phi) is 4.30. The molecule has 4 nitrogen and oxygen atoms in total. The first kappa shape index (κ1) is 15.5. The number of benzene rings is 2. The van der Waals surface area contributed by atoms with Gasteiger partial charge in [-0.25, -0.2) is 0 Å². The Balaban J connectivity index is 1.96. The van der Waals surface area contributed by atoms with E-state index < -0.39 is 0 Å². The second-order valence-electron chi connectivity index (χ2n) is 5.34. The van der Waals surface area contributed by atoms with Crippen molar-refractivity contribution in [3.05, 3.63) is 69.5 Å². The Morgan fingerprint density at radius 2 is 1.78 bits per heavy atom. The highest BCUT2D eigenvalue weighted by Gasteiger charge is 2.13.